The van der Waals surface area contributed by atoms with Gasteiger partial charge in [-0.3, -0.25) is 4.98 Å². The van der Waals surface area contributed by atoms with Crippen LogP contribution in [0.5, 0.6) is 0 Å². The van der Waals surface area contributed by atoms with Gasteiger partial charge in [0.15, 0.2) is 5.79 Å². The molecule has 0 amide bonds. The molecule has 3 heterocycles. The van der Waals surface area contributed by atoms with Crippen molar-refractivity contribution >= 4 is 22.3 Å². The van der Waals surface area contributed by atoms with Crippen molar-refractivity contribution in [3.8, 4) is 0 Å². The molecule has 0 bridgehead atoms. The summed E-state index contributed by atoms with van der Waals surface area (Å²) in [6, 6.07) is 7.98. The van der Waals surface area contributed by atoms with E-state index >= 15 is 0 Å². The highest BCUT2D eigenvalue weighted by atomic mass is 16.7. The van der Waals surface area contributed by atoms with Crippen molar-refractivity contribution < 1.29 is 9.47 Å². The molecule has 4 rings (SSSR count). The van der Waals surface area contributed by atoms with Crippen LogP contribution in [-0.4, -0.2) is 37.1 Å². The molecule has 1 spiro atoms. The number of benzene rings is 1. The first-order chi connectivity index (χ1) is 10.3. The molecule has 0 radical (unpaired) electrons. The van der Waals surface area contributed by atoms with Crippen molar-refractivity contribution in [2.75, 3.05) is 36.9 Å². The van der Waals surface area contributed by atoms with Gasteiger partial charge in [0.25, 0.3) is 0 Å². The molecule has 5 nitrogen and oxygen atoms in total. The van der Waals surface area contributed by atoms with Crippen LogP contribution >= 0.6 is 0 Å². The van der Waals surface area contributed by atoms with Crippen molar-refractivity contribution in [2.45, 2.75) is 18.6 Å². The minimum atomic E-state index is -0.340. The monoisotopic (exact) mass is 285 g/mol. The third-order valence-electron chi connectivity index (χ3n) is 4.46. The van der Waals surface area contributed by atoms with Gasteiger partial charge in [0, 0.05) is 43.2 Å². The van der Waals surface area contributed by atoms with E-state index in [2.05, 4.69) is 16.0 Å². The molecule has 2 saturated heterocycles. The second kappa shape index (κ2) is 4.86. The van der Waals surface area contributed by atoms with Crippen LogP contribution in [-0.2, 0) is 9.47 Å². The smallest absolute Gasteiger partial charge is 0.171 e. The number of anilines is 2. The van der Waals surface area contributed by atoms with Gasteiger partial charge in [-0.25, -0.2) is 0 Å². The van der Waals surface area contributed by atoms with Gasteiger partial charge in [-0.2, -0.15) is 0 Å². The second-order valence-electron chi connectivity index (χ2n) is 5.67. The molecule has 1 aromatic heterocycles. The molecule has 2 aliphatic rings. The molecule has 21 heavy (non-hydrogen) atoms. The van der Waals surface area contributed by atoms with Gasteiger partial charge >= 0.3 is 0 Å². The fraction of sp³-hybridized carbons (Fsp3) is 0.438. The summed E-state index contributed by atoms with van der Waals surface area (Å²) in [5, 5.41) is 1.02. The number of ether oxygens (including phenoxy) is 2. The van der Waals surface area contributed by atoms with Crippen LogP contribution in [0.4, 0.5) is 11.4 Å². The SMILES string of the molecule is Nc1ccc(N2CCC3(CC2)OCCO3)c2ncccc12. The average molecular weight is 285 g/mol. The fourth-order valence-corrected chi connectivity index (χ4v) is 3.31. The predicted molar refractivity (Wildman–Crippen MR) is 82.2 cm³/mol. The Morgan fingerprint density at radius 1 is 1.10 bits per heavy atom. The zero-order valence-electron chi connectivity index (χ0n) is 11.9. The Balaban J connectivity index is 1.64. The van der Waals surface area contributed by atoms with Crippen LogP contribution in [0.3, 0.4) is 0 Å². The molecule has 0 atom stereocenters. The summed E-state index contributed by atoms with van der Waals surface area (Å²) in [5.74, 6) is -0.340. The minimum absolute atomic E-state index is 0.340. The summed E-state index contributed by atoms with van der Waals surface area (Å²) >= 11 is 0. The average Bonchev–Trinajstić information content (AvgIpc) is 2.98. The lowest BCUT2D eigenvalue weighted by Crippen LogP contribution is -2.45. The Hall–Kier alpha value is -1.85. The summed E-state index contributed by atoms with van der Waals surface area (Å²) < 4.78 is 11.6. The number of pyridine rings is 1. The second-order valence-corrected chi connectivity index (χ2v) is 5.67. The van der Waals surface area contributed by atoms with Gasteiger partial charge in [0.2, 0.25) is 0 Å². The molecule has 110 valence electrons. The van der Waals surface area contributed by atoms with Gasteiger partial charge in [-0.05, 0) is 24.3 Å². The van der Waals surface area contributed by atoms with E-state index in [0.29, 0.717) is 13.2 Å². The predicted octanol–water partition coefficient (Wildman–Crippen LogP) is 2.16. The Kier molecular flexibility index (Phi) is 2.97. The Labute approximate surface area is 123 Å². The molecule has 2 fully saturated rings. The van der Waals surface area contributed by atoms with E-state index in [1.54, 1.807) is 0 Å². The topological polar surface area (TPSA) is 60.6 Å². The van der Waals surface area contributed by atoms with E-state index in [0.717, 1.165) is 48.2 Å². The van der Waals surface area contributed by atoms with Crippen molar-refractivity contribution in [1.82, 2.24) is 4.98 Å². The molecule has 0 unspecified atom stereocenters. The summed E-state index contributed by atoms with van der Waals surface area (Å²) in [5.41, 5.74) is 8.95. The third-order valence-corrected chi connectivity index (χ3v) is 4.46. The first kappa shape index (κ1) is 12.9. The van der Waals surface area contributed by atoms with Gasteiger partial charge in [0.05, 0.1) is 24.4 Å². The van der Waals surface area contributed by atoms with E-state index in [4.69, 9.17) is 15.2 Å². The number of hydrogen-bond donors (Lipinski definition) is 1. The molecule has 2 aromatic rings. The quantitative estimate of drug-likeness (QED) is 0.814. The van der Waals surface area contributed by atoms with Crippen molar-refractivity contribution in [3.05, 3.63) is 30.5 Å². The van der Waals surface area contributed by atoms with Gasteiger partial charge in [-0.1, -0.05) is 0 Å². The zero-order chi connectivity index (χ0) is 14.3. The Morgan fingerprint density at radius 2 is 1.86 bits per heavy atom. The number of aromatic nitrogens is 1. The summed E-state index contributed by atoms with van der Waals surface area (Å²) in [4.78, 5) is 6.87. The van der Waals surface area contributed by atoms with Crippen LogP contribution in [0.15, 0.2) is 30.5 Å². The van der Waals surface area contributed by atoms with Crippen LogP contribution in [0.2, 0.25) is 0 Å². The molecular weight excluding hydrogens is 266 g/mol. The van der Waals surface area contributed by atoms with Crippen LogP contribution < -0.4 is 10.6 Å². The first-order valence-electron chi connectivity index (χ1n) is 7.44. The van der Waals surface area contributed by atoms with Crippen LogP contribution in [0.1, 0.15) is 12.8 Å². The lowest BCUT2D eigenvalue weighted by molar-refractivity contribution is -0.169. The highest BCUT2D eigenvalue weighted by Crippen LogP contribution is 2.36. The van der Waals surface area contributed by atoms with Crippen molar-refractivity contribution in [3.63, 3.8) is 0 Å². The maximum Gasteiger partial charge on any atom is 0.171 e. The maximum atomic E-state index is 6.05. The fourth-order valence-electron chi connectivity index (χ4n) is 3.31. The van der Waals surface area contributed by atoms with E-state index in [-0.39, 0.29) is 5.79 Å². The summed E-state index contributed by atoms with van der Waals surface area (Å²) in [7, 11) is 0. The summed E-state index contributed by atoms with van der Waals surface area (Å²) in [6.45, 7) is 3.25. The maximum absolute atomic E-state index is 6.05. The molecule has 5 heteroatoms. The van der Waals surface area contributed by atoms with Gasteiger partial charge in [-0.15, -0.1) is 0 Å². The Bertz CT molecular complexity index is 658. The molecule has 1 aromatic carbocycles. The van der Waals surface area contributed by atoms with Crippen LogP contribution in [0, 0.1) is 0 Å². The minimum Gasteiger partial charge on any atom is -0.398 e. The number of fused-ring (bicyclic) bond motifs is 1. The largest absolute Gasteiger partial charge is 0.398 e. The summed E-state index contributed by atoms with van der Waals surface area (Å²) in [6.07, 6.45) is 3.61. The number of hydrogen-bond acceptors (Lipinski definition) is 5. The molecule has 0 aliphatic carbocycles. The lowest BCUT2D eigenvalue weighted by Gasteiger charge is -2.38. The normalized spacial score (nSPS) is 21.2. The van der Waals surface area contributed by atoms with Gasteiger partial charge < -0.3 is 20.1 Å². The number of nitrogens with zero attached hydrogens (tertiary/aromatic N) is 2. The zero-order valence-corrected chi connectivity index (χ0v) is 11.9. The Morgan fingerprint density at radius 3 is 2.62 bits per heavy atom. The number of rotatable bonds is 1. The molecule has 2 aliphatic heterocycles. The van der Waals surface area contributed by atoms with E-state index < -0.39 is 0 Å². The number of piperidine rings is 1. The van der Waals surface area contributed by atoms with Crippen molar-refractivity contribution in [1.29, 1.82) is 0 Å². The van der Waals surface area contributed by atoms with Crippen molar-refractivity contribution in [2.24, 2.45) is 0 Å². The highest BCUT2D eigenvalue weighted by molar-refractivity contribution is 5.98. The highest BCUT2D eigenvalue weighted by Gasteiger charge is 2.40. The van der Waals surface area contributed by atoms with E-state index in [9.17, 15) is 0 Å². The van der Waals surface area contributed by atoms with Gasteiger partial charge in [0.1, 0.15) is 0 Å². The molecule has 0 saturated carbocycles. The standard InChI is InChI=1S/C16H19N3O2/c17-13-3-4-14(15-12(13)2-1-7-18-15)19-8-5-16(6-9-19)20-10-11-21-16/h1-4,7H,5-6,8-11,17H2. The van der Waals surface area contributed by atoms with E-state index in [1.165, 1.54) is 0 Å². The molecule has 2 N–H and O–H groups in total. The number of nitrogen functional groups attached to an aromatic ring is 1. The van der Waals surface area contributed by atoms with E-state index in [1.807, 2.05) is 24.4 Å². The molecular formula is C16H19N3O2. The van der Waals surface area contributed by atoms with Crippen LogP contribution in [0.25, 0.3) is 10.9 Å². The lowest BCUT2D eigenvalue weighted by atomic mass is 10.0. The number of nitrogens with two attached hydrogens (primary N) is 1. The third kappa shape index (κ3) is 2.13. The first-order valence-corrected chi connectivity index (χ1v) is 7.44.